The van der Waals surface area contributed by atoms with Gasteiger partial charge in [-0.25, -0.2) is 4.98 Å². The minimum atomic E-state index is 0.754. The van der Waals surface area contributed by atoms with Crippen molar-refractivity contribution in [3.8, 4) is 0 Å². The summed E-state index contributed by atoms with van der Waals surface area (Å²) in [6.45, 7) is 4.72. The Morgan fingerprint density at radius 1 is 1.06 bits per heavy atom. The molecule has 1 N–H and O–H groups in total. The zero-order valence-electron chi connectivity index (χ0n) is 9.57. The van der Waals surface area contributed by atoms with Crippen molar-refractivity contribution in [1.29, 1.82) is 0 Å². The summed E-state index contributed by atoms with van der Waals surface area (Å²) in [7, 11) is 0. The Balaban J connectivity index is 1.99. The average molecular weight is 213 g/mol. The van der Waals surface area contributed by atoms with Gasteiger partial charge in [0.1, 0.15) is 5.82 Å². The van der Waals surface area contributed by atoms with E-state index in [0.717, 1.165) is 29.3 Å². The molecule has 0 aliphatic carbocycles. The fourth-order valence-corrected chi connectivity index (χ4v) is 1.44. The van der Waals surface area contributed by atoms with Crippen LogP contribution < -0.4 is 5.32 Å². The lowest BCUT2D eigenvalue weighted by atomic mass is 10.2. The van der Waals surface area contributed by atoms with Gasteiger partial charge in [-0.3, -0.25) is 4.98 Å². The Morgan fingerprint density at radius 2 is 1.94 bits per heavy atom. The van der Waals surface area contributed by atoms with Crippen molar-refractivity contribution < 1.29 is 0 Å². The molecule has 82 valence electrons. The van der Waals surface area contributed by atoms with Crippen LogP contribution in [0.1, 0.15) is 17.0 Å². The van der Waals surface area contributed by atoms with Crippen molar-refractivity contribution >= 4 is 5.82 Å². The van der Waals surface area contributed by atoms with E-state index in [9.17, 15) is 0 Å². The first-order valence-corrected chi connectivity index (χ1v) is 5.33. The van der Waals surface area contributed by atoms with E-state index in [1.54, 1.807) is 0 Å². The molecule has 0 aromatic carbocycles. The van der Waals surface area contributed by atoms with Crippen molar-refractivity contribution in [2.24, 2.45) is 0 Å². The van der Waals surface area contributed by atoms with E-state index in [1.165, 1.54) is 0 Å². The second kappa shape index (κ2) is 4.75. The van der Waals surface area contributed by atoms with Crippen LogP contribution in [0, 0.1) is 13.8 Å². The summed E-state index contributed by atoms with van der Waals surface area (Å²) in [6, 6.07) is 10.0. The van der Waals surface area contributed by atoms with Crippen molar-refractivity contribution in [3.63, 3.8) is 0 Å². The Morgan fingerprint density at radius 3 is 2.62 bits per heavy atom. The maximum atomic E-state index is 4.37. The van der Waals surface area contributed by atoms with E-state index < -0.39 is 0 Å². The molecule has 0 saturated heterocycles. The maximum Gasteiger partial charge on any atom is 0.126 e. The van der Waals surface area contributed by atoms with Gasteiger partial charge < -0.3 is 5.32 Å². The highest BCUT2D eigenvalue weighted by molar-refractivity contribution is 5.36. The van der Waals surface area contributed by atoms with E-state index in [0.29, 0.717) is 0 Å². The van der Waals surface area contributed by atoms with Gasteiger partial charge in [0, 0.05) is 24.1 Å². The molecule has 2 aromatic heterocycles. The fourth-order valence-electron chi connectivity index (χ4n) is 1.44. The lowest BCUT2D eigenvalue weighted by molar-refractivity contribution is 1.06. The molecule has 0 fully saturated rings. The van der Waals surface area contributed by atoms with Crippen molar-refractivity contribution in [1.82, 2.24) is 9.97 Å². The second-order valence-electron chi connectivity index (χ2n) is 3.83. The third kappa shape index (κ3) is 2.79. The standard InChI is InChI=1S/C13H15N3/c1-10-6-7-12(8-14-10)9-15-13-5-3-4-11(2)16-13/h3-8H,9H2,1-2H3,(H,15,16). The molecule has 0 spiro atoms. The van der Waals surface area contributed by atoms with Crippen LogP contribution in [0.3, 0.4) is 0 Å². The predicted octanol–water partition coefficient (Wildman–Crippen LogP) is 2.71. The molecule has 0 bridgehead atoms. The Bertz CT molecular complexity index is 463. The molecule has 2 aromatic rings. The van der Waals surface area contributed by atoms with Crippen LogP contribution >= 0.6 is 0 Å². The molecule has 0 radical (unpaired) electrons. The Labute approximate surface area is 95.6 Å². The van der Waals surface area contributed by atoms with Gasteiger partial charge in [0.15, 0.2) is 0 Å². The number of rotatable bonds is 3. The molecule has 0 saturated carbocycles. The third-order valence-corrected chi connectivity index (χ3v) is 2.33. The first kappa shape index (κ1) is 10.6. The van der Waals surface area contributed by atoms with E-state index in [4.69, 9.17) is 0 Å². The molecule has 0 aliphatic heterocycles. The smallest absolute Gasteiger partial charge is 0.126 e. The minimum Gasteiger partial charge on any atom is -0.366 e. The number of hydrogen-bond acceptors (Lipinski definition) is 3. The van der Waals surface area contributed by atoms with E-state index in [-0.39, 0.29) is 0 Å². The summed E-state index contributed by atoms with van der Waals surface area (Å²) in [5.41, 5.74) is 3.22. The van der Waals surface area contributed by atoms with Crippen molar-refractivity contribution in [2.45, 2.75) is 20.4 Å². The number of aromatic nitrogens is 2. The first-order valence-electron chi connectivity index (χ1n) is 5.33. The topological polar surface area (TPSA) is 37.8 Å². The second-order valence-corrected chi connectivity index (χ2v) is 3.83. The van der Waals surface area contributed by atoms with Gasteiger partial charge in [0.05, 0.1) is 0 Å². The third-order valence-electron chi connectivity index (χ3n) is 2.33. The van der Waals surface area contributed by atoms with Gasteiger partial charge >= 0.3 is 0 Å². The zero-order valence-corrected chi connectivity index (χ0v) is 9.57. The largest absolute Gasteiger partial charge is 0.366 e. The molecule has 3 heteroatoms. The van der Waals surface area contributed by atoms with Gasteiger partial charge in [-0.05, 0) is 37.6 Å². The highest BCUT2D eigenvalue weighted by Crippen LogP contribution is 2.06. The van der Waals surface area contributed by atoms with Crippen LogP contribution in [0.2, 0.25) is 0 Å². The lowest BCUT2D eigenvalue weighted by Gasteiger charge is -2.06. The Kier molecular flexibility index (Phi) is 3.15. The molecule has 0 unspecified atom stereocenters. The van der Waals surface area contributed by atoms with Gasteiger partial charge in [-0.2, -0.15) is 0 Å². The van der Waals surface area contributed by atoms with Crippen molar-refractivity contribution in [3.05, 3.63) is 53.5 Å². The number of nitrogens with zero attached hydrogens (tertiary/aromatic N) is 2. The average Bonchev–Trinajstić information content (AvgIpc) is 2.28. The van der Waals surface area contributed by atoms with E-state index in [1.807, 2.05) is 44.3 Å². The number of nitrogens with one attached hydrogen (secondary N) is 1. The van der Waals surface area contributed by atoms with Gasteiger partial charge in [-0.1, -0.05) is 12.1 Å². The number of aryl methyl sites for hydroxylation is 2. The fraction of sp³-hybridized carbons (Fsp3) is 0.231. The van der Waals surface area contributed by atoms with E-state index in [2.05, 4.69) is 21.4 Å². The molecule has 2 rings (SSSR count). The van der Waals surface area contributed by atoms with Gasteiger partial charge in [-0.15, -0.1) is 0 Å². The molecule has 0 atom stereocenters. The summed E-state index contributed by atoms with van der Waals surface area (Å²) in [5.74, 6) is 0.903. The molecule has 0 amide bonds. The number of anilines is 1. The Hall–Kier alpha value is -1.90. The normalized spacial score (nSPS) is 10.1. The highest BCUT2D eigenvalue weighted by atomic mass is 15.0. The quantitative estimate of drug-likeness (QED) is 0.851. The van der Waals surface area contributed by atoms with Gasteiger partial charge in [0.25, 0.3) is 0 Å². The van der Waals surface area contributed by atoms with Crippen LogP contribution in [0.15, 0.2) is 36.5 Å². The number of pyridine rings is 2. The maximum absolute atomic E-state index is 4.37. The SMILES string of the molecule is Cc1ccc(CNc2cccc(C)n2)cn1. The van der Waals surface area contributed by atoms with Crippen LogP contribution in [-0.4, -0.2) is 9.97 Å². The van der Waals surface area contributed by atoms with Crippen LogP contribution in [0.25, 0.3) is 0 Å². The summed E-state index contributed by atoms with van der Waals surface area (Å²) < 4.78 is 0. The molecule has 2 heterocycles. The van der Waals surface area contributed by atoms with Crippen LogP contribution in [0.5, 0.6) is 0 Å². The van der Waals surface area contributed by atoms with E-state index >= 15 is 0 Å². The van der Waals surface area contributed by atoms with Crippen LogP contribution in [-0.2, 0) is 6.54 Å². The lowest BCUT2D eigenvalue weighted by Crippen LogP contribution is -2.02. The molecular formula is C13H15N3. The molecule has 3 nitrogen and oxygen atoms in total. The predicted molar refractivity (Wildman–Crippen MR) is 65.3 cm³/mol. The first-order chi connectivity index (χ1) is 7.74. The summed E-state index contributed by atoms with van der Waals surface area (Å²) in [4.78, 5) is 8.62. The summed E-state index contributed by atoms with van der Waals surface area (Å²) in [5, 5.41) is 3.27. The van der Waals surface area contributed by atoms with Crippen LogP contribution in [0.4, 0.5) is 5.82 Å². The number of hydrogen-bond donors (Lipinski definition) is 1. The summed E-state index contributed by atoms with van der Waals surface area (Å²) in [6.07, 6.45) is 1.89. The monoisotopic (exact) mass is 213 g/mol. The molecule has 16 heavy (non-hydrogen) atoms. The highest BCUT2D eigenvalue weighted by Gasteiger charge is 1.95. The van der Waals surface area contributed by atoms with Gasteiger partial charge in [0.2, 0.25) is 0 Å². The zero-order chi connectivity index (χ0) is 11.4. The molecular weight excluding hydrogens is 198 g/mol. The summed E-state index contributed by atoms with van der Waals surface area (Å²) >= 11 is 0. The van der Waals surface area contributed by atoms with Crippen molar-refractivity contribution in [2.75, 3.05) is 5.32 Å². The molecule has 0 aliphatic rings. The minimum absolute atomic E-state index is 0.754.